The van der Waals surface area contributed by atoms with Gasteiger partial charge in [-0.2, -0.15) is 0 Å². The molecule has 0 aromatic heterocycles. The minimum absolute atomic E-state index is 0.301. The first kappa shape index (κ1) is 15.0. The number of benzene rings is 2. The van der Waals surface area contributed by atoms with E-state index in [2.05, 4.69) is 22.6 Å². The zero-order chi connectivity index (χ0) is 14.0. The molecule has 0 radical (unpaired) electrons. The van der Waals surface area contributed by atoms with E-state index in [1.165, 1.54) is 6.07 Å². The van der Waals surface area contributed by atoms with Crippen LogP contribution < -0.4 is 5.73 Å². The first-order valence-electron chi connectivity index (χ1n) is 5.62. The van der Waals surface area contributed by atoms with E-state index in [1.807, 2.05) is 18.2 Å². The first-order chi connectivity index (χ1) is 8.97. The molecule has 5 heteroatoms. The van der Waals surface area contributed by atoms with Gasteiger partial charge in [-0.1, -0.05) is 35.3 Å². The van der Waals surface area contributed by atoms with Crippen LogP contribution in [0.3, 0.4) is 0 Å². The molecule has 0 saturated heterocycles. The summed E-state index contributed by atoms with van der Waals surface area (Å²) in [6.45, 7) is 0. The van der Waals surface area contributed by atoms with Crippen molar-refractivity contribution in [2.75, 3.05) is 0 Å². The van der Waals surface area contributed by atoms with Crippen molar-refractivity contribution in [1.82, 2.24) is 0 Å². The van der Waals surface area contributed by atoms with E-state index < -0.39 is 0 Å². The Morgan fingerprint density at radius 2 is 1.89 bits per heavy atom. The molecule has 2 aromatic carbocycles. The van der Waals surface area contributed by atoms with Crippen molar-refractivity contribution in [3.8, 4) is 0 Å². The third-order valence-corrected chi connectivity index (χ3v) is 4.63. The molecule has 0 bridgehead atoms. The van der Waals surface area contributed by atoms with Crippen molar-refractivity contribution in [2.45, 2.75) is 12.5 Å². The molecule has 0 amide bonds. The maximum absolute atomic E-state index is 13.7. The Labute approximate surface area is 135 Å². The quantitative estimate of drug-likeness (QED) is 0.711. The molecule has 0 fully saturated rings. The van der Waals surface area contributed by atoms with E-state index in [9.17, 15) is 4.39 Å². The fraction of sp³-hybridized carbons (Fsp3) is 0.143. The molecule has 2 N–H and O–H groups in total. The van der Waals surface area contributed by atoms with Crippen LogP contribution in [0.2, 0.25) is 10.0 Å². The molecule has 0 spiro atoms. The molecule has 2 rings (SSSR count). The lowest BCUT2D eigenvalue weighted by molar-refractivity contribution is 0.593. The normalized spacial score (nSPS) is 12.5. The van der Waals surface area contributed by atoms with E-state index in [4.69, 9.17) is 28.9 Å². The Kier molecular flexibility index (Phi) is 5.06. The molecule has 2 aromatic rings. The highest BCUT2D eigenvalue weighted by Crippen LogP contribution is 2.25. The molecule has 1 atom stereocenters. The Hall–Kier alpha value is -0.360. The van der Waals surface area contributed by atoms with Crippen LogP contribution in [0.5, 0.6) is 0 Å². The Balaban J connectivity index is 2.20. The van der Waals surface area contributed by atoms with Crippen LogP contribution in [-0.2, 0) is 6.42 Å². The van der Waals surface area contributed by atoms with Crippen molar-refractivity contribution < 1.29 is 4.39 Å². The van der Waals surface area contributed by atoms with Crippen molar-refractivity contribution in [2.24, 2.45) is 5.73 Å². The van der Waals surface area contributed by atoms with Gasteiger partial charge in [-0.05, 0) is 64.4 Å². The summed E-state index contributed by atoms with van der Waals surface area (Å²) >= 11 is 13.9. The second-order valence-corrected chi connectivity index (χ2v) is 6.23. The average molecular weight is 410 g/mol. The van der Waals surface area contributed by atoms with Crippen LogP contribution in [0.4, 0.5) is 4.39 Å². The van der Waals surface area contributed by atoms with E-state index in [0.29, 0.717) is 22.0 Å². The van der Waals surface area contributed by atoms with Gasteiger partial charge in [-0.15, -0.1) is 0 Å². The summed E-state index contributed by atoms with van der Waals surface area (Å²) in [7, 11) is 0. The number of hydrogen-bond acceptors (Lipinski definition) is 1. The molecular weight excluding hydrogens is 399 g/mol. The molecule has 0 heterocycles. The van der Waals surface area contributed by atoms with Crippen LogP contribution in [0.1, 0.15) is 17.2 Å². The molecule has 0 aliphatic carbocycles. The Bertz CT molecular complexity index is 604. The predicted octanol–water partition coefficient (Wildman–Crippen LogP) is 4.98. The monoisotopic (exact) mass is 409 g/mol. The summed E-state index contributed by atoms with van der Waals surface area (Å²) in [4.78, 5) is 0. The number of hydrogen-bond donors (Lipinski definition) is 1. The summed E-state index contributed by atoms with van der Waals surface area (Å²) in [5, 5.41) is 1.04. The summed E-state index contributed by atoms with van der Waals surface area (Å²) in [5.41, 5.74) is 7.53. The van der Waals surface area contributed by atoms with Crippen LogP contribution in [-0.4, -0.2) is 0 Å². The van der Waals surface area contributed by atoms with Gasteiger partial charge in [0, 0.05) is 14.6 Å². The standard InChI is InChI=1S/C14H11Cl2FIN/c15-10-3-1-8(12(17)7-10)6-14(19)9-2-4-13(18)11(16)5-9/h1-5,7,14H,6,19H2. The minimum Gasteiger partial charge on any atom is -0.324 e. The number of halogens is 4. The van der Waals surface area contributed by atoms with E-state index in [-0.39, 0.29) is 11.9 Å². The summed E-state index contributed by atoms with van der Waals surface area (Å²) in [5.74, 6) is -0.334. The van der Waals surface area contributed by atoms with Crippen molar-refractivity contribution in [1.29, 1.82) is 0 Å². The summed E-state index contributed by atoms with van der Waals surface area (Å²) in [6, 6.07) is 9.94. The summed E-state index contributed by atoms with van der Waals surface area (Å²) in [6.07, 6.45) is 0.403. The highest BCUT2D eigenvalue weighted by molar-refractivity contribution is 14.1. The van der Waals surface area contributed by atoms with Gasteiger partial charge in [0.05, 0.1) is 5.02 Å². The largest absolute Gasteiger partial charge is 0.324 e. The minimum atomic E-state index is -0.334. The Morgan fingerprint density at radius 3 is 2.53 bits per heavy atom. The second kappa shape index (κ2) is 6.39. The average Bonchev–Trinajstić information content (AvgIpc) is 2.36. The first-order valence-corrected chi connectivity index (χ1v) is 7.45. The lowest BCUT2D eigenvalue weighted by Crippen LogP contribution is -2.14. The van der Waals surface area contributed by atoms with Crippen LogP contribution in [0, 0.1) is 9.39 Å². The van der Waals surface area contributed by atoms with E-state index in [0.717, 1.165) is 9.13 Å². The van der Waals surface area contributed by atoms with Crippen LogP contribution in [0.25, 0.3) is 0 Å². The van der Waals surface area contributed by atoms with Crippen molar-refractivity contribution >= 4 is 45.8 Å². The van der Waals surface area contributed by atoms with Gasteiger partial charge < -0.3 is 5.73 Å². The fourth-order valence-electron chi connectivity index (χ4n) is 1.79. The molecule has 1 unspecified atom stereocenters. The highest BCUT2D eigenvalue weighted by atomic mass is 127. The lowest BCUT2D eigenvalue weighted by Gasteiger charge is -2.13. The van der Waals surface area contributed by atoms with Gasteiger partial charge in [-0.25, -0.2) is 4.39 Å². The van der Waals surface area contributed by atoms with Gasteiger partial charge in [0.25, 0.3) is 0 Å². The zero-order valence-corrected chi connectivity index (χ0v) is 13.5. The fourth-order valence-corrected chi connectivity index (χ4v) is 2.47. The second-order valence-electron chi connectivity index (χ2n) is 4.22. The summed E-state index contributed by atoms with van der Waals surface area (Å²) < 4.78 is 14.7. The molecular formula is C14H11Cl2FIN. The molecule has 1 nitrogen and oxygen atoms in total. The third-order valence-electron chi connectivity index (χ3n) is 2.83. The van der Waals surface area contributed by atoms with E-state index >= 15 is 0 Å². The molecule has 0 aliphatic heterocycles. The van der Waals surface area contributed by atoms with E-state index in [1.54, 1.807) is 12.1 Å². The topological polar surface area (TPSA) is 26.0 Å². The van der Waals surface area contributed by atoms with Crippen LogP contribution >= 0.6 is 45.8 Å². The van der Waals surface area contributed by atoms with Gasteiger partial charge in [0.15, 0.2) is 0 Å². The molecule has 0 aliphatic rings. The molecule has 19 heavy (non-hydrogen) atoms. The number of nitrogens with two attached hydrogens (primary N) is 1. The number of rotatable bonds is 3. The van der Waals surface area contributed by atoms with Gasteiger partial charge in [-0.3, -0.25) is 0 Å². The lowest BCUT2D eigenvalue weighted by atomic mass is 9.99. The Morgan fingerprint density at radius 1 is 1.16 bits per heavy atom. The maximum atomic E-state index is 13.7. The maximum Gasteiger partial charge on any atom is 0.127 e. The highest BCUT2D eigenvalue weighted by Gasteiger charge is 2.12. The predicted molar refractivity (Wildman–Crippen MR) is 86.2 cm³/mol. The van der Waals surface area contributed by atoms with Crippen molar-refractivity contribution in [3.05, 3.63) is 67.0 Å². The molecule has 100 valence electrons. The van der Waals surface area contributed by atoms with Gasteiger partial charge >= 0.3 is 0 Å². The van der Waals surface area contributed by atoms with Crippen LogP contribution in [0.15, 0.2) is 36.4 Å². The smallest absolute Gasteiger partial charge is 0.127 e. The SMILES string of the molecule is NC(Cc1ccc(Cl)cc1F)c1ccc(I)c(Cl)c1. The van der Waals surface area contributed by atoms with Gasteiger partial charge in [0.1, 0.15) is 5.82 Å². The third kappa shape index (κ3) is 3.81. The van der Waals surface area contributed by atoms with Gasteiger partial charge in [0.2, 0.25) is 0 Å². The zero-order valence-electron chi connectivity index (χ0n) is 9.84. The van der Waals surface area contributed by atoms with Crippen molar-refractivity contribution in [3.63, 3.8) is 0 Å². The molecule has 0 saturated carbocycles.